The monoisotopic (exact) mass is 277 g/mol. The van der Waals surface area contributed by atoms with Crippen LogP contribution in [0.25, 0.3) is 10.4 Å². The van der Waals surface area contributed by atoms with E-state index in [9.17, 15) is 4.79 Å². The summed E-state index contributed by atoms with van der Waals surface area (Å²) in [4.78, 5) is 13.8. The van der Waals surface area contributed by atoms with Gasteiger partial charge in [-0.15, -0.1) is 11.3 Å². The molecule has 0 spiro atoms. The molecule has 18 heavy (non-hydrogen) atoms. The molecule has 1 aromatic carbocycles. The van der Waals surface area contributed by atoms with Gasteiger partial charge in [-0.1, -0.05) is 30.3 Å². The minimum atomic E-state index is -0.0145. The van der Waals surface area contributed by atoms with Crippen LogP contribution in [0.15, 0.2) is 36.4 Å². The Morgan fingerprint density at radius 2 is 2.06 bits per heavy atom. The number of benzene rings is 1. The van der Waals surface area contributed by atoms with Crippen molar-refractivity contribution in [3.63, 3.8) is 0 Å². The Morgan fingerprint density at radius 1 is 1.33 bits per heavy atom. The number of amides is 1. The molecule has 1 amide bonds. The number of thiol groups is 1. The van der Waals surface area contributed by atoms with Crippen LogP contribution in [-0.2, 0) is 0 Å². The first-order valence-corrected chi connectivity index (χ1v) is 7.22. The van der Waals surface area contributed by atoms with E-state index in [1.54, 1.807) is 0 Å². The van der Waals surface area contributed by atoms with Gasteiger partial charge in [0.15, 0.2) is 0 Å². The highest BCUT2D eigenvalue weighted by atomic mass is 32.1. The lowest BCUT2D eigenvalue weighted by atomic mass is 10.1. The second-order valence-electron chi connectivity index (χ2n) is 3.97. The fourth-order valence-corrected chi connectivity index (χ4v) is 2.93. The number of aryl methyl sites for hydroxylation is 1. The number of thiophene rings is 1. The highest BCUT2D eigenvalue weighted by Crippen LogP contribution is 2.32. The van der Waals surface area contributed by atoms with Gasteiger partial charge in [0.2, 0.25) is 0 Å². The van der Waals surface area contributed by atoms with Gasteiger partial charge in [-0.25, -0.2) is 0 Å². The van der Waals surface area contributed by atoms with Gasteiger partial charge in [-0.3, -0.25) is 4.79 Å². The molecule has 0 aliphatic heterocycles. The SMILES string of the molecule is Cc1cc(C(=O)NCCS)sc1-c1ccccc1. The van der Waals surface area contributed by atoms with E-state index in [-0.39, 0.29) is 5.91 Å². The fourth-order valence-electron chi connectivity index (χ4n) is 1.73. The molecule has 0 unspecified atom stereocenters. The third kappa shape index (κ3) is 2.94. The largest absolute Gasteiger partial charge is 0.351 e. The summed E-state index contributed by atoms with van der Waals surface area (Å²) in [5, 5.41) is 2.84. The molecule has 0 atom stereocenters. The van der Waals surface area contributed by atoms with Crippen LogP contribution < -0.4 is 5.32 Å². The van der Waals surface area contributed by atoms with Crippen LogP contribution in [0.2, 0.25) is 0 Å². The molecule has 1 heterocycles. The molecule has 1 N–H and O–H groups in total. The van der Waals surface area contributed by atoms with Crippen molar-refractivity contribution >= 4 is 29.9 Å². The Balaban J connectivity index is 2.25. The van der Waals surface area contributed by atoms with Crippen LogP contribution in [0.1, 0.15) is 15.2 Å². The van der Waals surface area contributed by atoms with Crippen molar-refractivity contribution in [1.82, 2.24) is 5.32 Å². The van der Waals surface area contributed by atoms with E-state index in [0.29, 0.717) is 12.3 Å². The Morgan fingerprint density at radius 3 is 2.72 bits per heavy atom. The number of carbonyl (C=O) groups excluding carboxylic acids is 1. The Bertz CT molecular complexity index is 534. The molecule has 0 aliphatic carbocycles. The average Bonchev–Trinajstić information content (AvgIpc) is 2.79. The first-order valence-electron chi connectivity index (χ1n) is 5.77. The molecular weight excluding hydrogens is 262 g/mol. The second-order valence-corrected chi connectivity index (χ2v) is 5.47. The molecular formula is C14H15NOS2. The van der Waals surface area contributed by atoms with Crippen molar-refractivity contribution in [2.45, 2.75) is 6.92 Å². The normalized spacial score (nSPS) is 10.3. The van der Waals surface area contributed by atoms with Crippen LogP contribution in [0.5, 0.6) is 0 Å². The average molecular weight is 277 g/mol. The number of rotatable bonds is 4. The zero-order chi connectivity index (χ0) is 13.0. The quantitative estimate of drug-likeness (QED) is 0.824. The second kappa shape index (κ2) is 6.07. The van der Waals surface area contributed by atoms with Crippen molar-refractivity contribution in [1.29, 1.82) is 0 Å². The zero-order valence-electron chi connectivity index (χ0n) is 10.1. The van der Waals surface area contributed by atoms with E-state index in [2.05, 4.69) is 30.1 Å². The predicted molar refractivity (Wildman–Crippen MR) is 80.7 cm³/mol. The van der Waals surface area contributed by atoms with Gasteiger partial charge in [-0.05, 0) is 24.1 Å². The van der Waals surface area contributed by atoms with E-state index >= 15 is 0 Å². The van der Waals surface area contributed by atoms with Crippen molar-refractivity contribution < 1.29 is 4.79 Å². The Labute approximate surface area is 116 Å². The van der Waals surface area contributed by atoms with E-state index < -0.39 is 0 Å². The molecule has 0 radical (unpaired) electrons. The Hall–Kier alpha value is -1.26. The summed E-state index contributed by atoms with van der Waals surface area (Å²) in [7, 11) is 0. The van der Waals surface area contributed by atoms with Crippen LogP contribution in [0, 0.1) is 6.92 Å². The summed E-state index contributed by atoms with van der Waals surface area (Å²) in [6, 6.07) is 12.1. The topological polar surface area (TPSA) is 29.1 Å². The minimum Gasteiger partial charge on any atom is -0.351 e. The number of nitrogens with one attached hydrogen (secondary N) is 1. The Kier molecular flexibility index (Phi) is 4.44. The van der Waals surface area contributed by atoms with Crippen LogP contribution in [0.4, 0.5) is 0 Å². The van der Waals surface area contributed by atoms with Gasteiger partial charge in [0.1, 0.15) is 0 Å². The first-order chi connectivity index (χ1) is 8.72. The smallest absolute Gasteiger partial charge is 0.261 e. The van der Waals surface area contributed by atoms with E-state index in [0.717, 1.165) is 20.9 Å². The molecule has 2 aromatic rings. The molecule has 4 heteroatoms. The summed E-state index contributed by atoms with van der Waals surface area (Å²) in [6.45, 7) is 2.63. The fraction of sp³-hybridized carbons (Fsp3) is 0.214. The van der Waals surface area contributed by atoms with Crippen molar-refractivity contribution in [2.75, 3.05) is 12.3 Å². The lowest BCUT2D eigenvalue weighted by molar-refractivity contribution is 0.0960. The number of carbonyl (C=O) groups is 1. The van der Waals surface area contributed by atoms with Gasteiger partial charge >= 0.3 is 0 Å². The minimum absolute atomic E-state index is 0.0145. The predicted octanol–water partition coefficient (Wildman–Crippen LogP) is 3.38. The summed E-state index contributed by atoms with van der Waals surface area (Å²) in [5.41, 5.74) is 2.30. The summed E-state index contributed by atoms with van der Waals surface area (Å²) >= 11 is 5.61. The lowest BCUT2D eigenvalue weighted by Gasteiger charge is -1.99. The van der Waals surface area contributed by atoms with Gasteiger partial charge in [0.05, 0.1) is 4.88 Å². The molecule has 0 saturated carbocycles. The molecule has 0 fully saturated rings. The van der Waals surface area contributed by atoms with Gasteiger partial charge in [0, 0.05) is 17.2 Å². The van der Waals surface area contributed by atoms with Gasteiger partial charge in [-0.2, -0.15) is 12.6 Å². The lowest BCUT2D eigenvalue weighted by Crippen LogP contribution is -2.24. The highest BCUT2D eigenvalue weighted by molar-refractivity contribution is 7.80. The zero-order valence-corrected chi connectivity index (χ0v) is 11.9. The van der Waals surface area contributed by atoms with Crippen molar-refractivity contribution in [3.05, 3.63) is 46.8 Å². The summed E-state index contributed by atoms with van der Waals surface area (Å²) < 4.78 is 0. The maximum atomic E-state index is 11.9. The number of hydrogen-bond donors (Lipinski definition) is 2. The molecule has 0 saturated heterocycles. The molecule has 1 aromatic heterocycles. The van der Waals surface area contributed by atoms with Crippen LogP contribution in [0.3, 0.4) is 0 Å². The van der Waals surface area contributed by atoms with Crippen molar-refractivity contribution in [2.24, 2.45) is 0 Å². The summed E-state index contributed by atoms with van der Waals surface area (Å²) in [5.74, 6) is 0.640. The highest BCUT2D eigenvalue weighted by Gasteiger charge is 2.12. The molecule has 94 valence electrons. The van der Waals surface area contributed by atoms with Crippen LogP contribution in [-0.4, -0.2) is 18.2 Å². The van der Waals surface area contributed by atoms with Crippen molar-refractivity contribution in [3.8, 4) is 10.4 Å². The third-order valence-electron chi connectivity index (χ3n) is 2.57. The molecule has 2 rings (SSSR count). The summed E-state index contributed by atoms with van der Waals surface area (Å²) in [6.07, 6.45) is 0. The number of hydrogen-bond acceptors (Lipinski definition) is 3. The molecule has 0 bridgehead atoms. The van der Waals surface area contributed by atoms with Crippen LogP contribution >= 0.6 is 24.0 Å². The maximum Gasteiger partial charge on any atom is 0.261 e. The standard InChI is InChI=1S/C14H15NOS2/c1-10-9-12(14(16)15-7-8-17)18-13(10)11-5-3-2-4-6-11/h2-6,9,17H,7-8H2,1H3,(H,15,16). The third-order valence-corrected chi connectivity index (χ3v) is 4.08. The van der Waals surface area contributed by atoms with Gasteiger partial charge in [0.25, 0.3) is 5.91 Å². The van der Waals surface area contributed by atoms with E-state index in [4.69, 9.17) is 0 Å². The van der Waals surface area contributed by atoms with E-state index in [1.165, 1.54) is 11.3 Å². The molecule has 2 nitrogen and oxygen atoms in total. The molecule has 0 aliphatic rings. The maximum absolute atomic E-state index is 11.9. The van der Waals surface area contributed by atoms with E-state index in [1.807, 2.05) is 31.2 Å². The van der Waals surface area contributed by atoms with Gasteiger partial charge < -0.3 is 5.32 Å². The first kappa shape index (κ1) is 13.2.